The van der Waals surface area contributed by atoms with Crippen molar-refractivity contribution in [3.8, 4) is 11.6 Å². The van der Waals surface area contributed by atoms with Crippen LogP contribution in [0.1, 0.15) is 71.4 Å². The van der Waals surface area contributed by atoms with Crippen LogP contribution < -0.4 is 24.8 Å². The molecule has 0 radical (unpaired) electrons. The zero-order valence-corrected chi connectivity index (χ0v) is 31.3. The summed E-state index contributed by atoms with van der Waals surface area (Å²) in [6, 6.07) is 0.975. The van der Waals surface area contributed by atoms with Crippen LogP contribution in [0.2, 0.25) is 0 Å². The number of sulfonamides is 1. The van der Waals surface area contributed by atoms with Gasteiger partial charge in [0.25, 0.3) is 5.91 Å². The van der Waals surface area contributed by atoms with E-state index in [0.717, 1.165) is 4.90 Å². The van der Waals surface area contributed by atoms with Crippen LogP contribution in [0.3, 0.4) is 0 Å². The summed E-state index contributed by atoms with van der Waals surface area (Å²) in [6.45, 7) is 4.40. The number of hydrogen-bond donors (Lipinski definition) is 4. The summed E-state index contributed by atoms with van der Waals surface area (Å²) in [4.78, 5) is 63.3. The van der Waals surface area contributed by atoms with Gasteiger partial charge in [-0.1, -0.05) is 19.1 Å². The third-order valence-corrected chi connectivity index (χ3v) is 12.8. The molecule has 4 N–H and O–H groups in total. The highest BCUT2D eigenvalue weighted by molar-refractivity contribution is 7.91. The van der Waals surface area contributed by atoms with E-state index < -0.39 is 111 Å². The first-order valence-corrected chi connectivity index (χ1v) is 19.4. The molecule has 6 rings (SSSR count). The summed E-state index contributed by atoms with van der Waals surface area (Å²) in [5.74, 6) is -4.12. The molecule has 20 heteroatoms. The molecule has 2 aromatic rings. The molecule has 16 nitrogen and oxygen atoms in total. The van der Waals surface area contributed by atoms with E-state index in [1.807, 2.05) is 0 Å². The molecule has 3 heterocycles. The predicted molar refractivity (Wildman–Crippen MR) is 187 cm³/mol. The number of fused-ring (bicyclic) bond motifs is 3. The van der Waals surface area contributed by atoms with Crippen molar-refractivity contribution in [2.75, 3.05) is 13.7 Å². The molecule has 1 aromatic carbocycles. The van der Waals surface area contributed by atoms with Gasteiger partial charge < -0.3 is 34.9 Å². The van der Waals surface area contributed by atoms with Crippen molar-refractivity contribution in [2.45, 2.75) is 113 Å². The van der Waals surface area contributed by atoms with Crippen LogP contribution in [0.5, 0.6) is 11.6 Å². The number of nitrogens with zero attached hydrogens (tertiary/aromatic N) is 3. The van der Waals surface area contributed by atoms with Gasteiger partial charge in [-0.2, -0.15) is 13.2 Å². The Bertz CT molecular complexity index is 2010. The number of rotatable bonds is 8. The van der Waals surface area contributed by atoms with Crippen molar-refractivity contribution >= 4 is 44.9 Å². The number of carboxylic acid groups (broad SMARTS) is 1. The average Bonchev–Trinajstić information content (AvgIpc) is 4.00. The maximum atomic E-state index is 14.4. The Hall–Kier alpha value is -4.72. The Balaban J connectivity index is 1.38. The molecule has 7 atom stereocenters. The Morgan fingerprint density at radius 1 is 1.18 bits per heavy atom. The van der Waals surface area contributed by atoms with E-state index >= 15 is 0 Å². The number of ether oxygens (including phenoxy) is 3. The van der Waals surface area contributed by atoms with Gasteiger partial charge in [0, 0.05) is 18.4 Å². The van der Waals surface area contributed by atoms with Crippen molar-refractivity contribution in [3.05, 3.63) is 36.0 Å². The second kappa shape index (κ2) is 14.7. The lowest BCUT2D eigenvalue weighted by atomic mass is 10.0. The summed E-state index contributed by atoms with van der Waals surface area (Å²) in [7, 11) is -2.76. The Morgan fingerprint density at radius 3 is 2.55 bits per heavy atom. The number of halogens is 3. The number of amides is 4. The minimum atomic E-state index is -5.03. The fourth-order valence-corrected chi connectivity index (χ4v) is 8.32. The Morgan fingerprint density at radius 2 is 1.91 bits per heavy atom. The lowest BCUT2D eigenvalue weighted by Gasteiger charge is -2.33. The van der Waals surface area contributed by atoms with Crippen LogP contribution in [-0.4, -0.2) is 107 Å². The molecule has 4 aliphatic rings. The van der Waals surface area contributed by atoms with E-state index in [9.17, 15) is 45.9 Å². The normalized spacial score (nSPS) is 30.1. The van der Waals surface area contributed by atoms with Crippen LogP contribution in [0.15, 0.2) is 30.4 Å². The van der Waals surface area contributed by atoms with Gasteiger partial charge in [-0.3, -0.25) is 19.1 Å². The van der Waals surface area contributed by atoms with E-state index in [1.165, 1.54) is 32.2 Å². The third-order valence-electron chi connectivity index (χ3n) is 10.7. The molecule has 55 heavy (non-hydrogen) atoms. The number of allylic oxidation sites excluding steroid dienone is 1. The van der Waals surface area contributed by atoms with Crippen molar-refractivity contribution in [2.24, 2.45) is 5.92 Å². The molecule has 2 aliphatic carbocycles. The topological polar surface area (TPSA) is 215 Å². The molecule has 1 saturated heterocycles. The molecule has 1 aromatic heterocycles. The van der Waals surface area contributed by atoms with E-state index in [1.54, 1.807) is 26.0 Å². The van der Waals surface area contributed by atoms with Gasteiger partial charge in [0.1, 0.15) is 29.5 Å². The van der Waals surface area contributed by atoms with Gasteiger partial charge >= 0.3 is 12.3 Å². The fourth-order valence-electron chi connectivity index (χ4n) is 7.00. The summed E-state index contributed by atoms with van der Waals surface area (Å²) in [5.41, 5.74) is -3.30. The maximum absolute atomic E-state index is 14.4. The standard InChI is InChI=1S/C35H43F3N6O10S/c1-5-25-26(41-32(48)49)30(46)44-17-21(54-29-27(35(36,37)38)39-22-11-10-20(52-4)14-23(22)40-29)15-24(44)28(45)42-34(16-19(34)9-7-6-8-18(2)53-25)31(47)43-55(50,51)33(3)12-13-33/h7,9-11,14,18-19,21,24-26,41H,5-6,8,12-13,15-17H2,1-4H3,(H,42,45)(H,43,47)(H,48,49)/b9-7-/t18-,19-,21-,24+,25+,26+,34-/m1/s1. The average molecular weight is 797 g/mol. The zero-order valence-electron chi connectivity index (χ0n) is 30.5. The van der Waals surface area contributed by atoms with Crippen LogP contribution >= 0.6 is 0 Å². The number of benzene rings is 1. The highest BCUT2D eigenvalue weighted by Crippen LogP contribution is 2.47. The first-order valence-electron chi connectivity index (χ1n) is 17.9. The SMILES string of the molecule is CC[C@@H]1O[C@H](C)CC/C=C\[C@@H]2C[C@@]2(C(=O)NS(=O)(=O)C2(C)CC2)NC(=O)[C@@H]2C[C@@H](Oc3nc4cc(OC)ccc4nc3C(F)(F)F)CN2C(=O)[C@H]1NC(=O)O. The smallest absolute Gasteiger partial charge is 0.438 e. The largest absolute Gasteiger partial charge is 0.497 e. The summed E-state index contributed by atoms with van der Waals surface area (Å²) in [6.07, 6.45) is -4.66. The van der Waals surface area contributed by atoms with E-state index in [-0.39, 0.29) is 29.6 Å². The van der Waals surface area contributed by atoms with E-state index in [0.29, 0.717) is 25.7 Å². The monoisotopic (exact) mass is 796 g/mol. The number of hydrogen-bond acceptors (Lipinski definition) is 11. The van der Waals surface area contributed by atoms with Gasteiger partial charge in [0.05, 0.1) is 41.6 Å². The van der Waals surface area contributed by atoms with E-state index in [4.69, 9.17) is 14.2 Å². The quantitative estimate of drug-likeness (QED) is 0.284. The van der Waals surface area contributed by atoms with Crippen molar-refractivity contribution in [3.63, 3.8) is 0 Å². The lowest BCUT2D eigenvalue weighted by molar-refractivity contribution is -0.145. The first kappa shape index (κ1) is 40.0. The summed E-state index contributed by atoms with van der Waals surface area (Å²) >= 11 is 0. The number of alkyl halides is 3. The highest BCUT2D eigenvalue weighted by atomic mass is 32.2. The number of carbonyl (C=O) groups excluding carboxylic acids is 3. The van der Waals surface area contributed by atoms with Crippen molar-refractivity contribution in [1.82, 2.24) is 30.2 Å². The third kappa shape index (κ3) is 8.15. The van der Waals surface area contributed by atoms with Crippen LogP contribution in [0.4, 0.5) is 18.0 Å². The second-order valence-electron chi connectivity index (χ2n) is 14.7. The predicted octanol–water partition coefficient (Wildman–Crippen LogP) is 3.05. The van der Waals surface area contributed by atoms with Gasteiger partial charge in [-0.15, -0.1) is 0 Å². The molecular formula is C35H43F3N6O10S. The Kier molecular flexibility index (Phi) is 10.7. The van der Waals surface area contributed by atoms with Gasteiger partial charge in [-0.25, -0.2) is 23.2 Å². The minimum absolute atomic E-state index is 0.00239. The van der Waals surface area contributed by atoms with Crippen molar-refractivity contribution < 1.29 is 60.1 Å². The summed E-state index contributed by atoms with van der Waals surface area (Å²) in [5, 5.41) is 14.6. The zero-order chi connectivity index (χ0) is 40.1. The van der Waals surface area contributed by atoms with Gasteiger partial charge in [-0.05, 0) is 64.5 Å². The molecule has 300 valence electrons. The number of carbonyl (C=O) groups is 4. The second-order valence-corrected chi connectivity index (χ2v) is 16.9. The van der Waals surface area contributed by atoms with Gasteiger partial charge in [0.15, 0.2) is 0 Å². The van der Waals surface area contributed by atoms with Gasteiger partial charge in [0.2, 0.25) is 33.4 Å². The molecule has 0 spiro atoms. The fraction of sp³-hybridized carbons (Fsp3) is 0.600. The van der Waals surface area contributed by atoms with Crippen molar-refractivity contribution in [1.29, 1.82) is 0 Å². The molecule has 3 fully saturated rings. The Labute approximate surface area is 314 Å². The number of aromatic nitrogens is 2. The molecule has 4 amide bonds. The highest BCUT2D eigenvalue weighted by Gasteiger charge is 2.63. The maximum Gasteiger partial charge on any atom is 0.438 e. The molecular weight excluding hydrogens is 753 g/mol. The molecule has 2 aliphatic heterocycles. The number of methoxy groups -OCH3 is 1. The van der Waals surface area contributed by atoms with Crippen LogP contribution in [0.25, 0.3) is 11.0 Å². The lowest BCUT2D eigenvalue weighted by Crippen LogP contribution is -2.60. The first-order chi connectivity index (χ1) is 25.8. The minimum Gasteiger partial charge on any atom is -0.497 e. The molecule has 2 saturated carbocycles. The van der Waals surface area contributed by atoms with Crippen LogP contribution in [-0.2, 0) is 35.3 Å². The van der Waals surface area contributed by atoms with Crippen LogP contribution in [0, 0.1) is 5.92 Å². The van der Waals surface area contributed by atoms with E-state index in [2.05, 4.69) is 25.3 Å². The summed E-state index contributed by atoms with van der Waals surface area (Å²) < 4.78 is 87.3. The molecule has 0 bridgehead atoms. The molecule has 0 unspecified atom stereocenters. The number of nitrogens with one attached hydrogen (secondary N) is 3.